The molecule has 0 aromatic carbocycles. The first-order valence-electron chi connectivity index (χ1n) is 11.3. The number of carbonyl (C=O) groups is 3. The van der Waals surface area contributed by atoms with Crippen LogP contribution in [0, 0.1) is 0 Å². The van der Waals surface area contributed by atoms with E-state index in [1.807, 2.05) is 0 Å². The summed E-state index contributed by atoms with van der Waals surface area (Å²) in [7, 11) is 0. The molecule has 1 atom stereocenters. The smallest absolute Gasteiger partial charge is 0.347 e. The molecule has 11 nitrogen and oxygen atoms in total. The molecule has 4 aromatic rings. The molecule has 4 rings (SSSR count). The van der Waals surface area contributed by atoms with Gasteiger partial charge in [0.2, 0.25) is 0 Å². The highest BCUT2D eigenvalue weighted by Crippen LogP contribution is 2.35. The molecule has 16 heteroatoms. The van der Waals surface area contributed by atoms with Crippen molar-refractivity contribution >= 4 is 46.5 Å². The van der Waals surface area contributed by atoms with Crippen molar-refractivity contribution in [1.29, 1.82) is 0 Å². The van der Waals surface area contributed by atoms with Crippen LogP contribution in [-0.2, 0) is 12.7 Å². The number of pyridine rings is 2. The van der Waals surface area contributed by atoms with E-state index in [0.717, 1.165) is 29.4 Å². The summed E-state index contributed by atoms with van der Waals surface area (Å²) in [5, 5.41) is 7.35. The number of hydrogen-bond donors (Lipinski definition) is 3. The number of nitrogens with one attached hydrogen (secondary N) is 3. The number of anilines is 1. The lowest BCUT2D eigenvalue weighted by molar-refractivity contribution is -0.137. The molecule has 1 unspecified atom stereocenters. The first-order valence-corrected chi connectivity index (χ1v) is 12.5. The van der Waals surface area contributed by atoms with Gasteiger partial charge < -0.3 is 16.0 Å². The Balaban J connectivity index is 1.37. The highest BCUT2D eigenvalue weighted by atomic mass is 35.5. The number of amides is 3. The van der Waals surface area contributed by atoms with E-state index in [4.69, 9.17) is 11.6 Å². The van der Waals surface area contributed by atoms with E-state index in [1.165, 1.54) is 12.3 Å². The first kappa shape index (κ1) is 28.5. The summed E-state index contributed by atoms with van der Waals surface area (Å²) < 4.78 is 39.2. The Labute approximate surface area is 233 Å². The average molecular weight is 591 g/mol. The summed E-state index contributed by atoms with van der Waals surface area (Å²) in [6.45, 7) is 1.82. The zero-order valence-corrected chi connectivity index (χ0v) is 21.9. The first-order chi connectivity index (χ1) is 19.0. The molecule has 0 aliphatic carbocycles. The number of hydrogen-bond acceptors (Lipinski definition) is 9. The van der Waals surface area contributed by atoms with Crippen molar-refractivity contribution < 1.29 is 27.6 Å². The van der Waals surface area contributed by atoms with Crippen molar-refractivity contribution in [1.82, 2.24) is 35.6 Å². The molecule has 0 radical (unpaired) electrons. The van der Waals surface area contributed by atoms with Gasteiger partial charge in [0.15, 0.2) is 0 Å². The van der Waals surface area contributed by atoms with Crippen LogP contribution in [0.4, 0.5) is 19.0 Å². The second-order valence-corrected chi connectivity index (χ2v) is 9.56. The van der Waals surface area contributed by atoms with Gasteiger partial charge >= 0.3 is 6.18 Å². The third-order valence-electron chi connectivity index (χ3n) is 5.18. The summed E-state index contributed by atoms with van der Waals surface area (Å²) in [6.07, 6.45) is 1.58. The second-order valence-electron chi connectivity index (χ2n) is 8.09. The Hall–Kier alpha value is -4.50. The van der Waals surface area contributed by atoms with Crippen molar-refractivity contribution in [2.45, 2.75) is 25.7 Å². The highest BCUT2D eigenvalue weighted by Gasteiger charge is 2.34. The topological polar surface area (TPSA) is 152 Å². The van der Waals surface area contributed by atoms with Crippen LogP contribution < -0.4 is 16.0 Å². The fourth-order valence-corrected chi connectivity index (χ4v) is 4.23. The molecule has 0 saturated heterocycles. The predicted molar refractivity (Wildman–Crippen MR) is 138 cm³/mol. The number of nitrogens with zero attached hydrogens (tertiary/aromatic N) is 5. The van der Waals surface area contributed by atoms with E-state index < -0.39 is 40.5 Å². The summed E-state index contributed by atoms with van der Waals surface area (Å²) >= 11 is 6.47. The van der Waals surface area contributed by atoms with Crippen LogP contribution in [0.15, 0.2) is 55.4 Å². The Kier molecular flexibility index (Phi) is 8.64. The molecule has 0 aliphatic rings. The predicted octanol–water partition coefficient (Wildman–Crippen LogP) is 4.07. The Morgan fingerprint density at radius 3 is 2.45 bits per heavy atom. The maximum Gasteiger partial charge on any atom is 0.418 e. The number of alkyl halides is 3. The van der Waals surface area contributed by atoms with E-state index >= 15 is 0 Å². The molecule has 40 heavy (non-hydrogen) atoms. The number of rotatable bonds is 8. The molecule has 0 bridgehead atoms. The lowest BCUT2D eigenvalue weighted by atomic mass is 10.2. The SMILES string of the molecule is CC(NC(=O)c1cc(C(=O)NCc2cccnc2)ncn1)c1ncc(C(=O)Nc2cc(C(F)(F)F)c(Cl)cn2)s1. The van der Waals surface area contributed by atoms with E-state index in [0.29, 0.717) is 11.1 Å². The number of thiazole rings is 1. The fourth-order valence-electron chi connectivity index (χ4n) is 3.21. The van der Waals surface area contributed by atoms with Gasteiger partial charge in [-0.05, 0) is 24.6 Å². The van der Waals surface area contributed by atoms with Gasteiger partial charge in [-0.25, -0.2) is 19.9 Å². The van der Waals surface area contributed by atoms with Gasteiger partial charge in [0.1, 0.15) is 33.4 Å². The van der Waals surface area contributed by atoms with E-state index in [9.17, 15) is 27.6 Å². The zero-order chi connectivity index (χ0) is 28.9. The molecule has 3 N–H and O–H groups in total. The van der Waals surface area contributed by atoms with Gasteiger partial charge in [-0.3, -0.25) is 19.4 Å². The van der Waals surface area contributed by atoms with Gasteiger partial charge in [0.05, 0.1) is 22.8 Å². The maximum atomic E-state index is 13.1. The van der Waals surface area contributed by atoms with Crippen LogP contribution in [0.25, 0.3) is 0 Å². The third-order valence-corrected chi connectivity index (χ3v) is 6.66. The summed E-state index contributed by atoms with van der Waals surface area (Å²) in [5.41, 5.74) is -0.449. The summed E-state index contributed by atoms with van der Waals surface area (Å²) in [5.74, 6) is -2.23. The van der Waals surface area contributed by atoms with Gasteiger partial charge in [-0.1, -0.05) is 17.7 Å². The van der Waals surface area contributed by atoms with E-state index in [2.05, 4.69) is 40.9 Å². The van der Waals surface area contributed by atoms with Gasteiger partial charge in [-0.2, -0.15) is 13.2 Å². The molecule has 0 fully saturated rings. The fraction of sp³-hybridized carbons (Fsp3) is 0.167. The molecule has 206 valence electrons. The molecular formula is C24H18ClF3N8O3S. The van der Waals surface area contributed by atoms with Crippen LogP contribution in [0.1, 0.15) is 59.7 Å². The Morgan fingerprint density at radius 2 is 1.75 bits per heavy atom. The quantitative estimate of drug-likeness (QED) is 0.278. The van der Waals surface area contributed by atoms with Crippen molar-refractivity contribution in [2.24, 2.45) is 0 Å². The van der Waals surface area contributed by atoms with E-state index in [-0.39, 0.29) is 28.6 Å². The monoisotopic (exact) mass is 590 g/mol. The largest absolute Gasteiger partial charge is 0.418 e. The van der Waals surface area contributed by atoms with Crippen LogP contribution in [-0.4, -0.2) is 42.6 Å². The molecule has 0 aliphatic heterocycles. The molecule has 4 heterocycles. The second kappa shape index (κ2) is 12.1. The maximum absolute atomic E-state index is 13.1. The lowest BCUT2D eigenvalue weighted by Gasteiger charge is -2.11. The van der Waals surface area contributed by atoms with Crippen LogP contribution in [0.2, 0.25) is 5.02 Å². The third kappa shape index (κ3) is 7.12. The minimum atomic E-state index is -4.72. The zero-order valence-electron chi connectivity index (χ0n) is 20.4. The number of halogens is 4. The average Bonchev–Trinajstić information content (AvgIpc) is 3.44. The van der Waals surface area contributed by atoms with Crippen LogP contribution >= 0.6 is 22.9 Å². The van der Waals surface area contributed by atoms with Gasteiger partial charge in [0, 0.05) is 31.2 Å². The Morgan fingerprint density at radius 1 is 1.00 bits per heavy atom. The van der Waals surface area contributed by atoms with E-state index in [1.54, 1.807) is 31.5 Å². The normalized spacial score (nSPS) is 11.9. The van der Waals surface area contributed by atoms with Crippen molar-refractivity contribution in [3.63, 3.8) is 0 Å². The highest BCUT2D eigenvalue weighted by molar-refractivity contribution is 7.13. The number of carbonyl (C=O) groups excluding carboxylic acids is 3. The molecule has 4 aromatic heterocycles. The molecular weight excluding hydrogens is 573 g/mol. The number of aromatic nitrogens is 5. The molecule has 3 amide bonds. The molecule has 0 saturated carbocycles. The summed E-state index contributed by atoms with van der Waals surface area (Å²) in [4.78, 5) is 57.4. The summed E-state index contributed by atoms with van der Waals surface area (Å²) in [6, 6.07) is 4.70. The Bertz CT molecular complexity index is 1550. The van der Waals surface area contributed by atoms with Crippen LogP contribution in [0.5, 0.6) is 0 Å². The van der Waals surface area contributed by atoms with Crippen molar-refractivity contribution in [3.05, 3.63) is 92.8 Å². The van der Waals surface area contributed by atoms with Gasteiger partial charge in [-0.15, -0.1) is 11.3 Å². The minimum absolute atomic E-state index is 0.0191. The minimum Gasteiger partial charge on any atom is -0.347 e. The van der Waals surface area contributed by atoms with Crippen LogP contribution in [0.3, 0.4) is 0 Å². The standard InChI is InChI=1S/C24H18ClF3N8O3S/c1-12(23-32-10-18(40-23)22(39)36-19-5-14(24(26,27)28)15(25)9-30-19)35-21(38)17-6-16(33-11-34-17)20(37)31-8-13-3-2-4-29-7-13/h2-7,9-12H,8H2,1H3,(H,31,37)(H,35,38)(H,30,36,39). The van der Waals surface area contributed by atoms with Gasteiger partial charge in [0.25, 0.3) is 17.7 Å². The lowest BCUT2D eigenvalue weighted by Crippen LogP contribution is -2.29. The molecule has 0 spiro atoms. The van der Waals surface area contributed by atoms with Crippen molar-refractivity contribution in [2.75, 3.05) is 5.32 Å². The van der Waals surface area contributed by atoms with Crippen molar-refractivity contribution in [3.8, 4) is 0 Å².